The molecule has 0 fully saturated rings. The zero-order valence-electron chi connectivity index (χ0n) is 14.1. The number of methoxy groups -OCH3 is 1. The summed E-state index contributed by atoms with van der Waals surface area (Å²) in [6.45, 7) is 5.95. The van der Waals surface area contributed by atoms with E-state index in [1.165, 1.54) is 7.11 Å². The molecule has 0 bridgehead atoms. The smallest absolute Gasteiger partial charge is 0.334 e. The van der Waals surface area contributed by atoms with E-state index < -0.39 is 5.97 Å². The normalized spacial score (nSPS) is 12.8. The molecule has 0 aromatic heterocycles. The molecule has 2 heteroatoms. The Labute approximate surface area is 143 Å². The maximum absolute atomic E-state index is 11.9. The van der Waals surface area contributed by atoms with Crippen LogP contribution in [0.5, 0.6) is 0 Å². The summed E-state index contributed by atoms with van der Waals surface area (Å²) in [4.78, 5) is 11.9. The molecule has 0 aliphatic rings. The van der Waals surface area contributed by atoms with Crippen LogP contribution in [0.1, 0.15) is 18.1 Å². The summed E-state index contributed by atoms with van der Waals surface area (Å²) in [5.41, 5.74) is 3.70. The van der Waals surface area contributed by atoms with Gasteiger partial charge in [-0.3, -0.25) is 0 Å². The Hall–Kier alpha value is -2.87. The Morgan fingerprint density at radius 3 is 2.21 bits per heavy atom. The standard InChI is InChI=1S/C22H22O2/c1-17(20-12-8-5-9-13-20)16-21(18(2)22(23)24-3)15-14-19-10-6-4-7-11-19/h4-16,21H,2H2,1,3H3. The van der Waals surface area contributed by atoms with Gasteiger partial charge in [-0.05, 0) is 23.6 Å². The van der Waals surface area contributed by atoms with Crippen LogP contribution in [-0.2, 0) is 9.53 Å². The quantitative estimate of drug-likeness (QED) is 0.544. The van der Waals surface area contributed by atoms with Gasteiger partial charge in [-0.1, -0.05) is 85.5 Å². The van der Waals surface area contributed by atoms with Crippen LogP contribution in [0.4, 0.5) is 0 Å². The molecule has 1 atom stereocenters. The minimum absolute atomic E-state index is 0.224. The van der Waals surface area contributed by atoms with Gasteiger partial charge in [-0.2, -0.15) is 0 Å². The Balaban J connectivity index is 2.31. The lowest BCUT2D eigenvalue weighted by atomic mass is 9.94. The second kappa shape index (κ2) is 8.68. The van der Waals surface area contributed by atoms with Crippen molar-refractivity contribution in [2.75, 3.05) is 7.11 Å². The molecule has 1 unspecified atom stereocenters. The van der Waals surface area contributed by atoms with Gasteiger partial charge < -0.3 is 4.74 Å². The molecular formula is C22H22O2. The van der Waals surface area contributed by atoms with Gasteiger partial charge in [0.25, 0.3) is 0 Å². The highest BCUT2D eigenvalue weighted by atomic mass is 16.5. The maximum atomic E-state index is 11.9. The summed E-state index contributed by atoms with van der Waals surface area (Å²) in [7, 11) is 1.37. The lowest BCUT2D eigenvalue weighted by molar-refractivity contribution is -0.136. The van der Waals surface area contributed by atoms with Crippen molar-refractivity contribution in [2.24, 2.45) is 5.92 Å². The number of carbonyl (C=O) groups excluding carboxylic acids is 1. The van der Waals surface area contributed by atoms with Crippen LogP contribution in [0.25, 0.3) is 11.6 Å². The van der Waals surface area contributed by atoms with Gasteiger partial charge in [0, 0.05) is 11.5 Å². The molecule has 0 aliphatic heterocycles. The first-order valence-corrected chi connectivity index (χ1v) is 7.86. The number of ether oxygens (including phenoxy) is 1. The highest BCUT2D eigenvalue weighted by Crippen LogP contribution is 2.22. The van der Waals surface area contributed by atoms with Crippen LogP contribution >= 0.6 is 0 Å². The van der Waals surface area contributed by atoms with E-state index in [9.17, 15) is 4.79 Å². The van der Waals surface area contributed by atoms with E-state index in [0.717, 1.165) is 16.7 Å². The van der Waals surface area contributed by atoms with E-state index in [0.29, 0.717) is 5.57 Å². The fourth-order valence-electron chi connectivity index (χ4n) is 2.39. The summed E-state index contributed by atoms with van der Waals surface area (Å²) >= 11 is 0. The fourth-order valence-corrected chi connectivity index (χ4v) is 2.39. The Morgan fingerprint density at radius 2 is 1.62 bits per heavy atom. The highest BCUT2D eigenvalue weighted by molar-refractivity contribution is 5.89. The number of benzene rings is 2. The molecule has 2 rings (SSSR count). The van der Waals surface area contributed by atoms with Crippen LogP contribution in [0.15, 0.2) is 85.0 Å². The number of hydrogen-bond donors (Lipinski definition) is 0. The lowest BCUT2D eigenvalue weighted by Gasteiger charge is -2.12. The second-order valence-corrected chi connectivity index (χ2v) is 5.53. The van der Waals surface area contributed by atoms with E-state index in [2.05, 4.69) is 6.58 Å². The summed E-state index contributed by atoms with van der Waals surface area (Å²) in [5.74, 6) is -0.618. The molecule has 0 aliphatic carbocycles. The highest BCUT2D eigenvalue weighted by Gasteiger charge is 2.15. The number of rotatable bonds is 6. The first kappa shape index (κ1) is 17.5. The third-order valence-corrected chi connectivity index (χ3v) is 3.80. The lowest BCUT2D eigenvalue weighted by Crippen LogP contribution is -2.10. The van der Waals surface area contributed by atoms with E-state index in [4.69, 9.17) is 4.74 Å². The monoisotopic (exact) mass is 318 g/mol. The molecule has 0 spiro atoms. The summed E-state index contributed by atoms with van der Waals surface area (Å²) in [5, 5.41) is 0. The van der Waals surface area contributed by atoms with Crippen LogP contribution < -0.4 is 0 Å². The minimum atomic E-state index is -0.394. The van der Waals surface area contributed by atoms with Gasteiger partial charge in [0.1, 0.15) is 0 Å². The second-order valence-electron chi connectivity index (χ2n) is 5.53. The summed E-state index contributed by atoms with van der Waals surface area (Å²) < 4.78 is 4.83. The molecule has 0 saturated heterocycles. The topological polar surface area (TPSA) is 26.3 Å². The largest absolute Gasteiger partial charge is 0.466 e. The Morgan fingerprint density at radius 1 is 1.04 bits per heavy atom. The molecular weight excluding hydrogens is 296 g/mol. The third-order valence-electron chi connectivity index (χ3n) is 3.80. The van der Waals surface area contributed by atoms with Crippen molar-refractivity contribution in [3.8, 4) is 0 Å². The van der Waals surface area contributed by atoms with Crippen molar-refractivity contribution in [2.45, 2.75) is 6.92 Å². The molecule has 2 aromatic carbocycles. The molecule has 2 aromatic rings. The first-order valence-electron chi connectivity index (χ1n) is 7.86. The van der Waals surface area contributed by atoms with Crippen molar-refractivity contribution < 1.29 is 9.53 Å². The average Bonchev–Trinajstić information content (AvgIpc) is 2.65. The third kappa shape index (κ3) is 4.82. The van der Waals surface area contributed by atoms with Gasteiger partial charge in [0.05, 0.1) is 7.11 Å². The molecule has 122 valence electrons. The number of allylic oxidation sites excluding steroid dienone is 3. The first-order chi connectivity index (χ1) is 11.6. The molecule has 24 heavy (non-hydrogen) atoms. The summed E-state index contributed by atoms with van der Waals surface area (Å²) in [6, 6.07) is 20.0. The van der Waals surface area contributed by atoms with E-state index in [1.807, 2.05) is 85.8 Å². The molecule has 0 amide bonds. The summed E-state index contributed by atoms with van der Waals surface area (Å²) in [6.07, 6.45) is 6.00. The van der Waals surface area contributed by atoms with Crippen molar-refractivity contribution in [1.29, 1.82) is 0 Å². The predicted octanol–water partition coefficient (Wildman–Crippen LogP) is 5.15. The van der Waals surface area contributed by atoms with Crippen molar-refractivity contribution in [1.82, 2.24) is 0 Å². The van der Waals surface area contributed by atoms with Gasteiger partial charge in [0.2, 0.25) is 0 Å². The average molecular weight is 318 g/mol. The maximum Gasteiger partial charge on any atom is 0.334 e. The zero-order valence-corrected chi connectivity index (χ0v) is 14.1. The molecule has 0 heterocycles. The van der Waals surface area contributed by atoms with Crippen molar-refractivity contribution in [3.63, 3.8) is 0 Å². The van der Waals surface area contributed by atoms with Crippen LogP contribution in [0, 0.1) is 5.92 Å². The van der Waals surface area contributed by atoms with Gasteiger partial charge >= 0.3 is 5.97 Å². The van der Waals surface area contributed by atoms with E-state index >= 15 is 0 Å². The van der Waals surface area contributed by atoms with E-state index in [-0.39, 0.29) is 5.92 Å². The Bertz CT molecular complexity index is 740. The molecule has 2 nitrogen and oxygen atoms in total. The van der Waals surface area contributed by atoms with Gasteiger partial charge in [0.15, 0.2) is 0 Å². The molecule has 0 saturated carbocycles. The SMILES string of the molecule is C=C(C(=O)OC)C(C=Cc1ccccc1)C=C(C)c1ccccc1. The number of carbonyl (C=O) groups is 1. The van der Waals surface area contributed by atoms with Gasteiger partial charge in [-0.15, -0.1) is 0 Å². The van der Waals surface area contributed by atoms with E-state index in [1.54, 1.807) is 0 Å². The molecule has 0 N–H and O–H groups in total. The van der Waals surface area contributed by atoms with Crippen LogP contribution in [0.2, 0.25) is 0 Å². The van der Waals surface area contributed by atoms with Crippen molar-refractivity contribution >= 4 is 17.6 Å². The molecule has 0 radical (unpaired) electrons. The van der Waals surface area contributed by atoms with Gasteiger partial charge in [-0.25, -0.2) is 4.79 Å². The number of hydrogen-bond acceptors (Lipinski definition) is 2. The fraction of sp³-hybridized carbons (Fsp3) is 0.136. The number of esters is 1. The predicted molar refractivity (Wildman–Crippen MR) is 100 cm³/mol. The van der Waals surface area contributed by atoms with Crippen LogP contribution in [-0.4, -0.2) is 13.1 Å². The van der Waals surface area contributed by atoms with Crippen LogP contribution in [0.3, 0.4) is 0 Å². The zero-order chi connectivity index (χ0) is 17.4. The van der Waals surface area contributed by atoms with Crippen molar-refractivity contribution in [3.05, 3.63) is 96.1 Å². The Kier molecular flexibility index (Phi) is 6.32. The minimum Gasteiger partial charge on any atom is -0.466 e.